The Morgan fingerprint density at radius 1 is 1.33 bits per heavy atom. The lowest BCUT2D eigenvalue weighted by Crippen LogP contribution is -2.49. The average Bonchev–Trinajstić information content (AvgIpc) is 3.10. The summed E-state index contributed by atoms with van der Waals surface area (Å²) in [4.78, 5) is 14.2. The highest BCUT2D eigenvalue weighted by Crippen LogP contribution is 2.30. The number of carbonyl (C=O) groups excluding carboxylic acids is 1. The van der Waals surface area contributed by atoms with Gasteiger partial charge in [0.1, 0.15) is 0 Å². The fourth-order valence-electron chi connectivity index (χ4n) is 2.27. The molecule has 0 unspecified atom stereocenters. The van der Waals surface area contributed by atoms with E-state index < -0.39 is 0 Å². The summed E-state index contributed by atoms with van der Waals surface area (Å²) in [5.41, 5.74) is 0. The van der Waals surface area contributed by atoms with Crippen molar-refractivity contribution >= 4 is 5.91 Å². The molecule has 86 valence electrons. The van der Waals surface area contributed by atoms with Crippen molar-refractivity contribution in [1.82, 2.24) is 10.2 Å². The van der Waals surface area contributed by atoms with E-state index in [0.29, 0.717) is 5.91 Å². The topological polar surface area (TPSA) is 32.3 Å². The summed E-state index contributed by atoms with van der Waals surface area (Å²) in [6.07, 6.45) is 6.09. The van der Waals surface area contributed by atoms with Gasteiger partial charge in [0.2, 0.25) is 5.91 Å². The molecule has 1 saturated heterocycles. The van der Waals surface area contributed by atoms with E-state index in [1.54, 1.807) is 0 Å². The number of rotatable bonds is 4. The predicted octanol–water partition coefficient (Wildman–Crippen LogP) is 1.39. The molecule has 0 radical (unpaired) electrons. The molecule has 3 heteroatoms. The number of carbonyl (C=O) groups is 1. The van der Waals surface area contributed by atoms with Crippen LogP contribution in [0.1, 0.15) is 39.0 Å². The molecule has 0 aromatic heterocycles. The van der Waals surface area contributed by atoms with Crippen molar-refractivity contribution in [3.63, 3.8) is 0 Å². The van der Waals surface area contributed by atoms with Crippen LogP contribution in [-0.2, 0) is 4.79 Å². The summed E-state index contributed by atoms with van der Waals surface area (Å²) in [5.74, 6) is 1.14. The van der Waals surface area contributed by atoms with E-state index in [1.807, 2.05) is 4.90 Å². The minimum Gasteiger partial charge on any atom is -0.341 e. The van der Waals surface area contributed by atoms with Crippen LogP contribution in [0.5, 0.6) is 0 Å². The minimum absolute atomic E-state index is 0.109. The van der Waals surface area contributed by atoms with E-state index in [9.17, 15) is 4.79 Å². The highest BCUT2D eigenvalue weighted by atomic mass is 16.2. The lowest BCUT2D eigenvalue weighted by atomic mass is 10.0. The Hall–Kier alpha value is -0.570. The monoisotopic (exact) mass is 210 g/mol. The first-order valence-corrected chi connectivity index (χ1v) is 6.33. The van der Waals surface area contributed by atoms with Gasteiger partial charge in [-0.15, -0.1) is 0 Å². The van der Waals surface area contributed by atoms with Gasteiger partial charge >= 0.3 is 0 Å². The van der Waals surface area contributed by atoms with Gasteiger partial charge < -0.3 is 10.2 Å². The zero-order chi connectivity index (χ0) is 10.7. The molecule has 0 aromatic carbocycles. The molecule has 1 aliphatic carbocycles. The first kappa shape index (κ1) is 10.9. The molecule has 1 saturated carbocycles. The van der Waals surface area contributed by atoms with Crippen LogP contribution in [0.4, 0.5) is 0 Å². The van der Waals surface area contributed by atoms with Crippen LogP contribution < -0.4 is 5.32 Å². The van der Waals surface area contributed by atoms with E-state index in [0.717, 1.165) is 32.0 Å². The Balaban J connectivity index is 1.84. The molecule has 0 bridgehead atoms. The number of nitrogens with one attached hydrogen (secondary N) is 1. The van der Waals surface area contributed by atoms with E-state index in [1.165, 1.54) is 25.7 Å². The molecule has 1 amide bonds. The fraction of sp³-hybridized carbons (Fsp3) is 0.917. The van der Waals surface area contributed by atoms with Crippen molar-refractivity contribution in [2.75, 3.05) is 19.6 Å². The van der Waals surface area contributed by atoms with Crippen molar-refractivity contribution in [2.24, 2.45) is 5.92 Å². The lowest BCUT2D eigenvalue weighted by Gasteiger charge is -2.29. The zero-order valence-electron chi connectivity index (χ0n) is 9.67. The molecule has 2 aliphatic rings. The van der Waals surface area contributed by atoms with Gasteiger partial charge in [-0.1, -0.05) is 6.42 Å². The van der Waals surface area contributed by atoms with Gasteiger partial charge in [-0.3, -0.25) is 4.79 Å². The Morgan fingerprint density at radius 3 is 2.67 bits per heavy atom. The number of hydrogen-bond acceptors (Lipinski definition) is 2. The normalized spacial score (nSPS) is 26.3. The van der Waals surface area contributed by atoms with Crippen LogP contribution in [-0.4, -0.2) is 36.5 Å². The summed E-state index contributed by atoms with van der Waals surface area (Å²) >= 11 is 0. The molecular weight excluding hydrogens is 188 g/mol. The molecule has 3 nitrogen and oxygen atoms in total. The first-order valence-electron chi connectivity index (χ1n) is 6.33. The fourth-order valence-corrected chi connectivity index (χ4v) is 2.27. The van der Waals surface area contributed by atoms with Crippen LogP contribution in [0.25, 0.3) is 0 Å². The van der Waals surface area contributed by atoms with E-state index in [4.69, 9.17) is 0 Å². The number of likely N-dealkylation sites (N-methyl/N-ethyl adjacent to an activating group) is 1. The number of hydrogen-bond donors (Lipinski definition) is 1. The minimum atomic E-state index is 0.109. The Labute approximate surface area is 92.2 Å². The van der Waals surface area contributed by atoms with Crippen LogP contribution in [0.15, 0.2) is 0 Å². The van der Waals surface area contributed by atoms with Crippen LogP contribution in [0.2, 0.25) is 0 Å². The van der Waals surface area contributed by atoms with E-state index in [2.05, 4.69) is 12.2 Å². The molecule has 1 aliphatic heterocycles. The second-order valence-electron chi connectivity index (χ2n) is 4.82. The van der Waals surface area contributed by atoms with E-state index >= 15 is 0 Å². The third-order valence-corrected chi connectivity index (χ3v) is 3.48. The average molecular weight is 210 g/mol. The Kier molecular flexibility index (Phi) is 3.62. The van der Waals surface area contributed by atoms with E-state index in [-0.39, 0.29) is 6.04 Å². The van der Waals surface area contributed by atoms with Crippen molar-refractivity contribution in [1.29, 1.82) is 0 Å². The molecule has 2 rings (SSSR count). The quantitative estimate of drug-likeness (QED) is 0.760. The van der Waals surface area contributed by atoms with Crippen molar-refractivity contribution in [2.45, 2.75) is 45.1 Å². The van der Waals surface area contributed by atoms with Crippen LogP contribution in [0.3, 0.4) is 0 Å². The SMILES string of the molecule is CCN(CC1CC1)C(=O)[C@@H]1CCCCN1. The van der Waals surface area contributed by atoms with Gasteiger partial charge in [0, 0.05) is 13.1 Å². The van der Waals surface area contributed by atoms with Gasteiger partial charge in [-0.2, -0.15) is 0 Å². The van der Waals surface area contributed by atoms with Crippen LogP contribution in [0, 0.1) is 5.92 Å². The Bertz CT molecular complexity index is 220. The first-order chi connectivity index (χ1) is 7.31. The van der Waals surface area contributed by atoms with Gasteiger partial charge in [0.25, 0.3) is 0 Å². The maximum absolute atomic E-state index is 12.2. The molecule has 0 aromatic rings. The van der Waals surface area contributed by atoms with Gasteiger partial charge in [0.15, 0.2) is 0 Å². The highest BCUT2D eigenvalue weighted by molar-refractivity contribution is 5.82. The third-order valence-electron chi connectivity index (χ3n) is 3.48. The largest absolute Gasteiger partial charge is 0.341 e. The van der Waals surface area contributed by atoms with Gasteiger partial charge in [-0.05, 0) is 45.1 Å². The smallest absolute Gasteiger partial charge is 0.239 e. The van der Waals surface area contributed by atoms with Gasteiger partial charge in [0.05, 0.1) is 6.04 Å². The van der Waals surface area contributed by atoms with Crippen molar-refractivity contribution in [3.05, 3.63) is 0 Å². The zero-order valence-corrected chi connectivity index (χ0v) is 9.67. The standard InChI is InChI=1S/C12H22N2O/c1-2-14(9-10-6-7-10)12(15)11-5-3-4-8-13-11/h10-11,13H,2-9H2,1H3/t11-/m0/s1. The Morgan fingerprint density at radius 2 is 2.13 bits per heavy atom. The second kappa shape index (κ2) is 4.97. The molecule has 0 spiro atoms. The summed E-state index contributed by atoms with van der Waals surface area (Å²) in [6, 6.07) is 0.109. The number of nitrogens with zero attached hydrogens (tertiary/aromatic N) is 1. The number of amides is 1. The maximum Gasteiger partial charge on any atom is 0.239 e. The van der Waals surface area contributed by atoms with Crippen molar-refractivity contribution < 1.29 is 4.79 Å². The summed E-state index contributed by atoms with van der Waals surface area (Å²) < 4.78 is 0. The summed E-state index contributed by atoms with van der Waals surface area (Å²) in [7, 11) is 0. The summed E-state index contributed by atoms with van der Waals surface area (Å²) in [5, 5.41) is 3.34. The van der Waals surface area contributed by atoms with Crippen molar-refractivity contribution in [3.8, 4) is 0 Å². The van der Waals surface area contributed by atoms with Crippen LogP contribution >= 0.6 is 0 Å². The lowest BCUT2D eigenvalue weighted by molar-refractivity contribution is -0.134. The number of piperidine rings is 1. The molecule has 2 fully saturated rings. The molecule has 15 heavy (non-hydrogen) atoms. The molecule has 1 heterocycles. The second-order valence-corrected chi connectivity index (χ2v) is 4.82. The van der Waals surface area contributed by atoms with Gasteiger partial charge in [-0.25, -0.2) is 0 Å². The summed E-state index contributed by atoms with van der Waals surface area (Å²) in [6.45, 7) is 4.96. The molecule has 1 atom stereocenters. The maximum atomic E-state index is 12.2. The molecular formula is C12H22N2O. The third kappa shape index (κ3) is 2.94. The predicted molar refractivity (Wildman–Crippen MR) is 60.6 cm³/mol. The molecule has 1 N–H and O–H groups in total. The highest BCUT2D eigenvalue weighted by Gasteiger charge is 2.29.